The molecular weight excluding hydrogens is 402 g/mol. The Morgan fingerprint density at radius 1 is 1.07 bits per heavy atom. The Morgan fingerprint density at radius 2 is 1.79 bits per heavy atom. The molecular formula is C23H36ClN3OS. The van der Waals surface area contributed by atoms with Gasteiger partial charge in [-0.25, -0.2) is 0 Å². The highest BCUT2D eigenvalue weighted by molar-refractivity contribution is 8.16. The zero-order chi connectivity index (χ0) is 20.0. The van der Waals surface area contributed by atoms with Gasteiger partial charge in [0.2, 0.25) is 0 Å². The van der Waals surface area contributed by atoms with E-state index in [0.29, 0.717) is 35.6 Å². The zero-order valence-electron chi connectivity index (χ0n) is 17.7. The second-order valence-electron chi connectivity index (χ2n) is 10.2. The maximum Gasteiger partial charge on any atom is 0.261 e. The third kappa shape index (κ3) is 3.52. The predicted molar refractivity (Wildman–Crippen MR) is 121 cm³/mol. The quantitative estimate of drug-likeness (QED) is 0.604. The second kappa shape index (κ2) is 8.26. The van der Waals surface area contributed by atoms with Gasteiger partial charge in [0, 0.05) is 29.8 Å². The van der Waals surface area contributed by atoms with Crippen LogP contribution < -0.4 is 5.43 Å². The highest BCUT2D eigenvalue weighted by Crippen LogP contribution is 2.53. The van der Waals surface area contributed by atoms with Crippen molar-refractivity contribution in [2.75, 3.05) is 6.54 Å². The van der Waals surface area contributed by atoms with Gasteiger partial charge in [0.15, 0.2) is 4.87 Å². The molecule has 1 N–H and O–H groups in total. The summed E-state index contributed by atoms with van der Waals surface area (Å²) in [4.78, 5) is 15.6. The molecule has 162 valence electrons. The summed E-state index contributed by atoms with van der Waals surface area (Å²) in [6.07, 6.45) is 14.7. The standard InChI is InChI=1S/C23H36ClN3OS/c1-15-8-2-4-10-17(15)21-25-26-23(29-21)18-11-5-7-13-20(18)27(22(23)28)14-16-9-3-6-12-19(16)24/h15-20,26H,2-14H2,1H3. The number of likely N-dealkylation sites (tertiary alicyclic amines) is 1. The SMILES string of the molecule is CC1CCCCC1C1=NNC2(S1)C(=O)N(CC1CCCCC1Cl)C1CCCCC12. The summed E-state index contributed by atoms with van der Waals surface area (Å²) in [6, 6.07) is 0.375. The normalized spacial score (nSPS) is 45.2. The van der Waals surface area contributed by atoms with Gasteiger partial charge < -0.3 is 4.90 Å². The van der Waals surface area contributed by atoms with Crippen LogP contribution in [0.5, 0.6) is 0 Å². The fraction of sp³-hybridized carbons (Fsp3) is 0.913. The average Bonchev–Trinajstić information content (AvgIpc) is 3.27. The van der Waals surface area contributed by atoms with Crippen molar-refractivity contribution in [3.05, 3.63) is 0 Å². The van der Waals surface area contributed by atoms with Gasteiger partial charge in [-0.2, -0.15) is 5.10 Å². The van der Waals surface area contributed by atoms with Gasteiger partial charge in [0.1, 0.15) is 0 Å². The highest BCUT2D eigenvalue weighted by atomic mass is 35.5. The van der Waals surface area contributed by atoms with Gasteiger partial charge >= 0.3 is 0 Å². The molecule has 7 unspecified atom stereocenters. The first-order valence-electron chi connectivity index (χ1n) is 12.1. The fourth-order valence-corrected chi connectivity index (χ4v) is 8.77. The first-order chi connectivity index (χ1) is 14.1. The van der Waals surface area contributed by atoms with Crippen LogP contribution in [0.15, 0.2) is 5.10 Å². The van der Waals surface area contributed by atoms with Crippen molar-refractivity contribution in [1.29, 1.82) is 0 Å². The molecule has 6 heteroatoms. The van der Waals surface area contributed by atoms with E-state index in [0.717, 1.165) is 25.8 Å². The molecule has 4 fully saturated rings. The molecule has 7 atom stereocenters. The van der Waals surface area contributed by atoms with Crippen LogP contribution in [0.1, 0.15) is 84.0 Å². The predicted octanol–water partition coefficient (Wildman–Crippen LogP) is 5.36. The molecule has 1 spiro atoms. The average molecular weight is 438 g/mol. The Morgan fingerprint density at radius 3 is 2.62 bits per heavy atom. The molecule has 5 aliphatic rings. The number of carbonyl (C=O) groups excluding carboxylic acids is 1. The molecule has 29 heavy (non-hydrogen) atoms. The van der Waals surface area contributed by atoms with E-state index in [1.165, 1.54) is 62.8 Å². The summed E-state index contributed by atoms with van der Waals surface area (Å²) in [6.45, 7) is 3.22. The van der Waals surface area contributed by atoms with Crippen molar-refractivity contribution < 1.29 is 4.79 Å². The Hall–Kier alpha value is -0.420. The number of nitrogens with one attached hydrogen (secondary N) is 1. The number of rotatable bonds is 3. The van der Waals surface area contributed by atoms with Gasteiger partial charge in [-0.3, -0.25) is 10.2 Å². The van der Waals surface area contributed by atoms with Crippen LogP contribution in [0.25, 0.3) is 0 Å². The molecule has 0 aromatic carbocycles. The minimum Gasteiger partial charge on any atom is -0.336 e. The van der Waals surface area contributed by atoms with Crippen molar-refractivity contribution in [2.24, 2.45) is 28.8 Å². The Bertz CT molecular complexity index is 673. The van der Waals surface area contributed by atoms with Crippen LogP contribution in [0, 0.1) is 23.7 Å². The summed E-state index contributed by atoms with van der Waals surface area (Å²) >= 11 is 8.50. The van der Waals surface area contributed by atoms with E-state index in [-0.39, 0.29) is 5.38 Å². The van der Waals surface area contributed by atoms with E-state index in [1.807, 2.05) is 0 Å². The van der Waals surface area contributed by atoms with E-state index < -0.39 is 4.87 Å². The van der Waals surface area contributed by atoms with Gasteiger partial charge in [-0.15, -0.1) is 11.6 Å². The second-order valence-corrected chi connectivity index (χ2v) is 12.1. The molecule has 5 rings (SSSR count). The highest BCUT2D eigenvalue weighted by Gasteiger charge is 2.63. The van der Waals surface area contributed by atoms with Crippen LogP contribution in [-0.2, 0) is 4.79 Å². The Balaban J connectivity index is 1.36. The minimum atomic E-state index is -0.534. The topological polar surface area (TPSA) is 44.7 Å². The number of amides is 1. The van der Waals surface area contributed by atoms with Crippen molar-refractivity contribution in [3.8, 4) is 0 Å². The minimum absolute atomic E-state index is 0.231. The number of thioether (sulfide) groups is 1. The van der Waals surface area contributed by atoms with Crippen LogP contribution in [0.4, 0.5) is 0 Å². The molecule has 0 radical (unpaired) electrons. The van der Waals surface area contributed by atoms with E-state index in [1.54, 1.807) is 11.8 Å². The molecule has 2 heterocycles. The molecule has 0 aromatic heterocycles. The number of nitrogens with zero attached hydrogens (tertiary/aromatic N) is 2. The maximum atomic E-state index is 13.9. The van der Waals surface area contributed by atoms with E-state index in [2.05, 4.69) is 17.2 Å². The fourth-order valence-electron chi connectivity index (χ4n) is 6.76. The monoisotopic (exact) mass is 437 g/mol. The molecule has 3 saturated carbocycles. The van der Waals surface area contributed by atoms with Gasteiger partial charge in [-0.05, 0) is 43.9 Å². The van der Waals surface area contributed by atoms with Crippen molar-refractivity contribution >= 4 is 34.3 Å². The van der Waals surface area contributed by atoms with E-state index in [9.17, 15) is 4.79 Å². The maximum absolute atomic E-state index is 13.9. The smallest absolute Gasteiger partial charge is 0.261 e. The molecule has 0 bridgehead atoms. The Kier molecular flexibility index (Phi) is 5.83. The van der Waals surface area contributed by atoms with Crippen LogP contribution >= 0.6 is 23.4 Å². The number of fused-ring (bicyclic) bond motifs is 2. The summed E-state index contributed by atoms with van der Waals surface area (Å²) in [5.41, 5.74) is 3.45. The van der Waals surface area contributed by atoms with Crippen LogP contribution in [-0.4, -0.2) is 38.7 Å². The lowest BCUT2D eigenvalue weighted by Gasteiger charge is -2.36. The first-order valence-corrected chi connectivity index (χ1v) is 13.3. The third-order valence-corrected chi connectivity index (χ3v) is 10.6. The van der Waals surface area contributed by atoms with E-state index >= 15 is 0 Å². The molecule has 1 amide bonds. The lowest BCUT2D eigenvalue weighted by Crippen LogP contribution is -2.49. The first kappa shape index (κ1) is 20.5. The Labute approximate surface area is 185 Å². The number of hydrogen-bond donors (Lipinski definition) is 1. The summed E-state index contributed by atoms with van der Waals surface area (Å²) < 4.78 is 0. The third-order valence-electron chi connectivity index (χ3n) is 8.50. The number of halogens is 1. The lowest BCUT2D eigenvalue weighted by atomic mass is 9.81. The van der Waals surface area contributed by atoms with Crippen LogP contribution in [0.2, 0.25) is 0 Å². The van der Waals surface area contributed by atoms with Crippen molar-refractivity contribution in [2.45, 2.75) is 100 Å². The van der Waals surface area contributed by atoms with Gasteiger partial charge in [0.05, 0.1) is 5.04 Å². The van der Waals surface area contributed by atoms with E-state index in [4.69, 9.17) is 16.7 Å². The van der Waals surface area contributed by atoms with Gasteiger partial charge in [0.25, 0.3) is 5.91 Å². The van der Waals surface area contributed by atoms with Crippen molar-refractivity contribution in [3.63, 3.8) is 0 Å². The number of carbonyl (C=O) groups is 1. The number of hydrogen-bond acceptors (Lipinski definition) is 4. The number of alkyl halides is 1. The van der Waals surface area contributed by atoms with Crippen LogP contribution in [0.3, 0.4) is 0 Å². The molecule has 4 nitrogen and oxygen atoms in total. The molecule has 2 aliphatic heterocycles. The molecule has 3 aliphatic carbocycles. The zero-order valence-corrected chi connectivity index (χ0v) is 19.3. The van der Waals surface area contributed by atoms with Crippen molar-refractivity contribution in [1.82, 2.24) is 10.3 Å². The van der Waals surface area contributed by atoms with Gasteiger partial charge in [-0.1, -0.05) is 63.6 Å². The largest absolute Gasteiger partial charge is 0.336 e. The molecule has 0 aromatic rings. The summed E-state index contributed by atoms with van der Waals surface area (Å²) in [5.74, 6) is 2.36. The lowest BCUT2D eigenvalue weighted by molar-refractivity contribution is -0.132. The summed E-state index contributed by atoms with van der Waals surface area (Å²) in [5, 5.41) is 6.28. The summed E-state index contributed by atoms with van der Waals surface area (Å²) in [7, 11) is 0. The number of hydrazone groups is 1. The molecule has 1 saturated heterocycles.